The fraction of sp³-hybridized carbons (Fsp3) is 0.318. The van der Waals surface area contributed by atoms with Crippen LogP contribution in [0.3, 0.4) is 0 Å². The molecule has 146 valence electrons. The van der Waals surface area contributed by atoms with Crippen LogP contribution in [0.4, 0.5) is 13.2 Å². The molecule has 1 atom stereocenters. The van der Waals surface area contributed by atoms with Gasteiger partial charge in [-0.25, -0.2) is 0 Å². The quantitative estimate of drug-likeness (QED) is 0.590. The van der Waals surface area contributed by atoms with Crippen LogP contribution in [0, 0.1) is 5.92 Å². The highest BCUT2D eigenvalue weighted by atomic mass is 19.4. The van der Waals surface area contributed by atoms with Crippen LogP contribution in [0.1, 0.15) is 23.2 Å². The van der Waals surface area contributed by atoms with Gasteiger partial charge < -0.3 is 9.47 Å². The third kappa shape index (κ3) is 3.17. The summed E-state index contributed by atoms with van der Waals surface area (Å²) in [6, 6.07) is 17.0. The number of para-hydroxylation sites is 1. The van der Waals surface area contributed by atoms with E-state index in [1.807, 2.05) is 66.2 Å². The number of alkyl halides is 3. The predicted octanol–water partition coefficient (Wildman–Crippen LogP) is 5.26. The summed E-state index contributed by atoms with van der Waals surface area (Å²) in [5, 5.41) is 0.767. The Morgan fingerprint density at radius 1 is 1.04 bits per heavy atom. The lowest BCUT2D eigenvalue weighted by Gasteiger charge is -2.34. The molecule has 4 rings (SSSR count). The fourth-order valence-corrected chi connectivity index (χ4v) is 4.13. The second-order valence-corrected chi connectivity index (χ2v) is 7.30. The molecule has 1 fully saturated rings. The molecule has 2 aromatic carbocycles. The fourth-order valence-electron chi connectivity index (χ4n) is 4.13. The number of aromatic nitrogens is 1. The number of hydrogen-bond donors (Lipinski definition) is 0. The van der Waals surface area contributed by atoms with E-state index >= 15 is 0 Å². The van der Waals surface area contributed by atoms with Crippen molar-refractivity contribution in [2.24, 2.45) is 13.0 Å². The average molecular weight is 386 g/mol. The molecule has 2 heterocycles. The van der Waals surface area contributed by atoms with Gasteiger partial charge in [0.15, 0.2) is 0 Å². The van der Waals surface area contributed by atoms with Crippen LogP contribution >= 0.6 is 0 Å². The van der Waals surface area contributed by atoms with Crippen LogP contribution in [-0.2, 0) is 7.05 Å². The smallest absolute Gasteiger partial charge is 0.343 e. The van der Waals surface area contributed by atoms with Crippen molar-refractivity contribution >= 4 is 16.8 Å². The molecular weight excluding hydrogens is 365 g/mol. The summed E-state index contributed by atoms with van der Waals surface area (Å²) < 4.78 is 41.7. The monoisotopic (exact) mass is 386 g/mol. The van der Waals surface area contributed by atoms with Crippen molar-refractivity contribution in [3.05, 3.63) is 60.2 Å². The van der Waals surface area contributed by atoms with E-state index in [4.69, 9.17) is 0 Å². The molecule has 1 aliphatic rings. The van der Waals surface area contributed by atoms with Crippen molar-refractivity contribution in [2.45, 2.75) is 19.0 Å². The van der Waals surface area contributed by atoms with Crippen LogP contribution in [0.25, 0.3) is 22.2 Å². The van der Waals surface area contributed by atoms with Gasteiger partial charge in [0.25, 0.3) is 5.91 Å². The first-order valence-corrected chi connectivity index (χ1v) is 9.36. The number of carbonyl (C=O) groups excluding carboxylic acids is 1. The third-order valence-corrected chi connectivity index (χ3v) is 5.54. The van der Waals surface area contributed by atoms with Gasteiger partial charge in [-0.2, -0.15) is 13.2 Å². The van der Waals surface area contributed by atoms with Crippen molar-refractivity contribution in [1.82, 2.24) is 9.47 Å². The molecule has 0 radical (unpaired) electrons. The number of amides is 1. The normalized spacial score (nSPS) is 17.9. The molecule has 0 saturated carbocycles. The van der Waals surface area contributed by atoms with Gasteiger partial charge in [0.1, 0.15) is 0 Å². The molecule has 0 N–H and O–H groups in total. The Bertz CT molecular complexity index is 1010. The number of piperidine rings is 1. The maximum Gasteiger partial charge on any atom is 0.393 e. The van der Waals surface area contributed by atoms with E-state index in [0.29, 0.717) is 18.5 Å². The molecule has 3 nitrogen and oxygen atoms in total. The van der Waals surface area contributed by atoms with Gasteiger partial charge in [0.2, 0.25) is 0 Å². The number of likely N-dealkylation sites (tertiary alicyclic amines) is 1. The summed E-state index contributed by atoms with van der Waals surface area (Å²) in [5.74, 6) is -1.79. The topological polar surface area (TPSA) is 25.2 Å². The minimum atomic E-state index is -4.28. The van der Waals surface area contributed by atoms with E-state index in [0.717, 1.165) is 22.2 Å². The van der Waals surface area contributed by atoms with Gasteiger partial charge in [0, 0.05) is 31.0 Å². The number of aryl methyl sites for hydroxylation is 1. The van der Waals surface area contributed by atoms with Gasteiger partial charge in [-0.15, -0.1) is 0 Å². The lowest BCUT2D eigenvalue weighted by molar-refractivity contribution is -0.184. The van der Waals surface area contributed by atoms with Crippen molar-refractivity contribution < 1.29 is 18.0 Å². The average Bonchev–Trinajstić information content (AvgIpc) is 3.00. The van der Waals surface area contributed by atoms with Crippen molar-refractivity contribution in [3.63, 3.8) is 0 Å². The summed E-state index contributed by atoms with van der Waals surface area (Å²) in [7, 11) is 1.89. The summed E-state index contributed by atoms with van der Waals surface area (Å²) in [4.78, 5) is 14.8. The van der Waals surface area contributed by atoms with Crippen LogP contribution in [-0.4, -0.2) is 34.6 Å². The first-order valence-electron chi connectivity index (χ1n) is 9.36. The number of hydrogen-bond acceptors (Lipinski definition) is 1. The number of nitrogens with zero attached hydrogens (tertiary/aromatic N) is 2. The molecule has 1 amide bonds. The Hall–Kier alpha value is -2.76. The lowest BCUT2D eigenvalue weighted by atomic mass is 9.96. The number of benzene rings is 2. The van der Waals surface area contributed by atoms with Crippen LogP contribution in [0.5, 0.6) is 0 Å². The summed E-state index contributed by atoms with van der Waals surface area (Å²) in [6.07, 6.45) is -3.84. The first-order chi connectivity index (χ1) is 13.4. The second-order valence-electron chi connectivity index (χ2n) is 7.30. The molecular formula is C22H21F3N2O. The Labute approximate surface area is 161 Å². The van der Waals surface area contributed by atoms with E-state index in [1.165, 1.54) is 4.90 Å². The molecule has 1 saturated heterocycles. The van der Waals surface area contributed by atoms with Crippen LogP contribution in [0.2, 0.25) is 0 Å². The number of carbonyl (C=O) groups is 1. The predicted molar refractivity (Wildman–Crippen MR) is 103 cm³/mol. The molecule has 28 heavy (non-hydrogen) atoms. The lowest BCUT2D eigenvalue weighted by Crippen LogP contribution is -2.44. The van der Waals surface area contributed by atoms with Gasteiger partial charge >= 0.3 is 6.18 Å². The van der Waals surface area contributed by atoms with Crippen molar-refractivity contribution in [2.75, 3.05) is 13.1 Å². The highest BCUT2D eigenvalue weighted by molar-refractivity contribution is 6.12. The van der Waals surface area contributed by atoms with Gasteiger partial charge in [-0.1, -0.05) is 48.5 Å². The Morgan fingerprint density at radius 2 is 1.71 bits per heavy atom. The van der Waals surface area contributed by atoms with Crippen LogP contribution in [0.15, 0.2) is 54.6 Å². The number of rotatable bonds is 2. The van der Waals surface area contributed by atoms with E-state index < -0.39 is 12.1 Å². The van der Waals surface area contributed by atoms with E-state index in [2.05, 4.69) is 0 Å². The molecule has 6 heteroatoms. The molecule has 0 spiro atoms. The van der Waals surface area contributed by atoms with Crippen LogP contribution < -0.4 is 0 Å². The largest absolute Gasteiger partial charge is 0.393 e. The SMILES string of the molecule is Cn1c(-c2ccccc2)c(C(=O)N2CCC[C@@H](C(F)(F)F)C2)c2ccccc21. The molecule has 0 bridgehead atoms. The van der Waals surface area contributed by atoms with E-state index in [1.54, 1.807) is 0 Å². The van der Waals surface area contributed by atoms with E-state index in [9.17, 15) is 18.0 Å². The summed E-state index contributed by atoms with van der Waals surface area (Å²) in [5.41, 5.74) is 2.97. The maximum atomic E-state index is 13.4. The summed E-state index contributed by atoms with van der Waals surface area (Å²) in [6.45, 7) is 0.0721. The minimum Gasteiger partial charge on any atom is -0.343 e. The molecule has 3 aromatic rings. The molecule has 1 aliphatic heterocycles. The third-order valence-electron chi connectivity index (χ3n) is 5.54. The van der Waals surface area contributed by atoms with Gasteiger partial charge in [0.05, 0.1) is 17.2 Å². The Kier molecular flexibility index (Phi) is 4.65. The van der Waals surface area contributed by atoms with Gasteiger partial charge in [-0.3, -0.25) is 4.79 Å². The maximum absolute atomic E-state index is 13.4. The first kappa shape index (κ1) is 18.6. The Balaban J connectivity index is 1.83. The second kappa shape index (κ2) is 7.00. The zero-order valence-corrected chi connectivity index (χ0v) is 15.5. The van der Waals surface area contributed by atoms with E-state index in [-0.39, 0.29) is 18.9 Å². The Morgan fingerprint density at radius 3 is 2.43 bits per heavy atom. The zero-order chi connectivity index (χ0) is 19.9. The van der Waals surface area contributed by atoms with Crippen molar-refractivity contribution in [1.29, 1.82) is 0 Å². The standard InChI is InChI=1S/C22H21F3N2O/c1-26-18-12-6-5-11-17(18)19(20(26)15-8-3-2-4-9-15)21(28)27-13-7-10-16(14-27)22(23,24)25/h2-6,8-9,11-12,16H,7,10,13-14H2,1H3/t16-/m1/s1. The van der Waals surface area contributed by atoms with Gasteiger partial charge in [-0.05, 0) is 24.5 Å². The highest BCUT2D eigenvalue weighted by Crippen LogP contribution is 2.37. The highest BCUT2D eigenvalue weighted by Gasteiger charge is 2.43. The summed E-state index contributed by atoms with van der Waals surface area (Å²) >= 11 is 0. The molecule has 0 aliphatic carbocycles. The number of fused-ring (bicyclic) bond motifs is 1. The number of halogens is 3. The molecule has 1 aromatic heterocycles. The van der Waals surface area contributed by atoms with Crippen molar-refractivity contribution in [3.8, 4) is 11.3 Å². The zero-order valence-electron chi connectivity index (χ0n) is 15.5. The molecule has 0 unspecified atom stereocenters. The minimum absolute atomic E-state index is 0.0777.